The van der Waals surface area contributed by atoms with E-state index in [9.17, 15) is 4.79 Å². The molecular formula is C19H24N6O. The molecule has 0 radical (unpaired) electrons. The van der Waals surface area contributed by atoms with Gasteiger partial charge in [0.25, 0.3) is 5.91 Å². The Morgan fingerprint density at radius 2 is 1.65 bits per heavy atom. The Labute approximate surface area is 153 Å². The molecule has 4 rings (SSSR count). The van der Waals surface area contributed by atoms with Crippen molar-refractivity contribution in [3.8, 4) is 0 Å². The summed E-state index contributed by atoms with van der Waals surface area (Å²) in [7, 11) is 0. The Balaban J connectivity index is 1.38. The van der Waals surface area contributed by atoms with E-state index in [1.54, 1.807) is 18.6 Å². The van der Waals surface area contributed by atoms with Gasteiger partial charge >= 0.3 is 0 Å². The van der Waals surface area contributed by atoms with E-state index in [0.29, 0.717) is 11.7 Å². The Bertz CT molecular complexity index is 739. The van der Waals surface area contributed by atoms with E-state index in [0.717, 1.165) is 50.7 Å². The Morgan fingerprint density at radius 1 is 0.962 bits per heavy atom. The lowest BCUT2D eigenvalue weighted by molar-refractivity contribution is 0.0933. The maximum atomic E-state index is 12.5. The van der Waals surface area contributed by atoms with Crippen LogP contribution in [0, 0.1) is 0 Å². The molecular weight excluding hydrogens is 328 g/mol. The number of pyridine rings is 1. The van der Waals surface area contributed by atoms with E-state index in [-0.39, 0.29) is 5.91 Å². The number of hydrogen-bond acceptors (Lipinski definition) is 6. The van der Waals surface area contributed by atoms with Gasteiger partial charge in [-0.2, -0.15) is 0 Å². The van der Waals surface area contributed by atoms with Crippen LogP contribution in [-0.2, 0) is 0 Å². The van der Waals surface area contributed by atoms with E-state index in [1.165, 1.54) is 12.8 Å². The number of aromatic nitrogens is 3. The van der Waals surface area contributed by atoms with E-state index < -0.39 is 0 Å². The lowest BCUT2D eigenvalue weighted by Crippen LogP contribution is -2.47. The van der Waals surface area contributed by atoms with Crippen LogP contribution in [0.1, 0.15) is 36.2 Å². The second-order valence-corrected chi connectivity index (χ2v) is 6.88. The molecule has 7 heteroatoms. The van der Waals surface area contributed by atoms with Crippen molar-refractivity contribution in [1.82, 2.24) is 20.3 Å². The number of piperazine rings is 1. The predicted molar refractivity (Wildman–Crippen MR) is 100 cm³/mol. The number of anilines is 2. The third kappa shape index (κ3) is 3.76. The van der Waals surface area contributed by atoms with Crippen molar-refractivity contribution in [1.29, 1.82) is 0 Å². The molecule has 2 fully saturated rings. The zero-order chi connectivity index (χ0) is 17.8. The fourth-order valence-corrected chi connectivity index (χ4v) is 3.69. The number of nitrogens with zero attached hydrogens (tertiary/aromatic N) is 5. The monoisotopic (exact) mass is 352 g/mol. The fourth-order valence-electron chi connectivity index (χ4n) is 3.69. The number of nitrogens with one attached hydrogen (secondary N) is 1. The third-order valence-electron chi connectivity index (χ3n) is 5.15. The fraction of sp³-hybridized carbons (Fsp3) is 0.474. The summed E-state index contributed by atoms with van der Waals surface area (Å²) in [6, 6.07) is 6.01. The summed E-state index contributed by atoms with van der Waals surface area (Å²) in [4.78, 5) is 29.8. The van der Waals surface area contributed by atoms with Crippen LogP contribution in [0.3, 0.4) is 0 Å². The minimum absolute atomic E-state index is 0.0601. The molecule has 2 aromatic heterocycles. The molecule has 26 heavy (non-hydrogen) atoms. The molecule has 136 valence electrons. The lowest BCUT2D eigenvalue weighted by atomic mass is 10.2. The lowest BCUT2D eigenvalue weighted by Gasteiger charge is -2.36. The first-order chi connectivity index (χ1) is 12.8. The molecule has 0 bridgehead atoms. The highest BCUT2D eigenvalue weighted by Crippen LogP contribution is 2.20. The Morgan fingerprint density at radius 3 is 2.38 bits per heavy atom. The summed E-state index contributed by atoms with van der Waals surface area (Å²) < 4.78 is 0. The highest BCUT2D eigenvalue weighted by Gasteiger charge is 2.21. The van der Waals surface area contributed by atoms with Gasteiger partial charge in [0.05, 0.1) is 0 Å². The summed E-state index contributed by atoms with van der Waals surface area (Å²) in [6.07, 6.45) is 9.83. The van der Waals surface area contributed by atoms with Gasteiger partial charge in [0.2, 0.25) is 5.95 Å². The molecule has 3 heterocycles. The average molecular weight is 352 g/mol. The molecule has 1 aliphatic heterocycles. The normalized spacial score (nSPS) is 18.2. The molecule has 0 atom stereocenters. The van der Waals surface area contributed by atoms with E-state index in [2.05, 4.69) is 30.1 Å². The molecule has 1 saturated heterocycles. The predicted octanol–water partition coefficient (Wildman–Crippen LogP) is 1.87. The number of rotatable bonds is 4. The molecule has 1 saturated carbocycles. The van der Waals surface area contributed by atoms with Crippen molar-refractivity contribution < 1.29 is 4.79 Å². The SMILES string of the molecule is O=C(NC1CCCC1)c1cc(N2CCN(c3ncccn3)CC2)ccn1. The standard InChI is InChI=1S/C19H24N6O/c26-18(23-15-4-1-2-5-15)17-14-16(6-9-20-17)24-10-12-25(13-11-24)19-21-7-3-8-22-19/h3,6-9,14-15H,1-2,4-5,10-13H2,(H,23,26). The van der Waals surface area contributed by atoms with Gasteiger partial charge in [-0.25, -0.2) is 9.97 Å². The first-order valence-corrected chi connectivity index (χ1v) is 9.33. The average Bonchev–Trinajstić information content (AvgIpc) is 3.22. The van der Waals surface area contributed by atoms with Crippen molar-refractivity contribution in [2.24, 2.45) is 0 Å². The molecule has 0 aromatic carbocycles. The summed E-state index contributed by atoms with van der Waals surface area (Å²) in [5.41, 5.74) is 1.55. The molecule has 1 N–H and O–H groups in total. The van der Waals surface area contributed by atoms with Gasteiger partial charge < -0.3 is 15.1 Å². The molecule has 1 amide bonds. The Kier molecular flexibility index (Phi) is 4.95. The highest BCUT2D eigenvalue weighted by molar-refractivity contribution is 5.93. The summed E-state index contributed by atoms with van der Waals surface area (Å²) in [5.74, 6) is 0.716. The number of hydrogen-bond donors (Lipinski definition) is 1. The largest absolute Gasteiger partial charge is 0.368 e. The molecule has 2 aromatic rings. The highest BCUT2D eigenvalue weighted by atomic mass is 16.1. The quantitative estimate of drug-likeness (QED) is 0.905. The van der Waals surface area contributed by atoms with Crippen molar-refractivity contribution in [2.45, 2.75) is 31.7 Å². The van der Waals surface area contributed by atoms with Gasteiger partial charge in [0.1, 0.15) is 5.69 Å². The zero-order valence-corrected chi connectivity index (χ0v) is 14.8. The van der Waals surface area contributed by atoms with Crippen LogP contribution in [0.5, 0.6) is 0 Å². The second-order valence-electron chi connectivity index (χ2n) is 6.88. The minimum atomic E-state index is -0.0601. The first-order valence-electron chi connectivity index (χ1n) is 9.33. The van der Waals surface area contributed by atoms with Crippen LogP contribution >= 0.6 is 0 Å². The number of amides is 1. The minimum Gasteiger partial charge on any atom is -0.368 e. The summed E-state index contributed by atoms with van der Waals surface area (Å²) in [6.45, 7) is 3.45. The first kappa shape index (κ1) is 16.8. The van der Waals surface area contributed by atoms with Crippen LogP contribution in [0.15, 0.2) is 36.8 Å². The second kappa shape index (κ2) is 7.68. The van der Waals surface area contributed by atoms with Crippen molar-refractivity contribution in [2.75, 3.05) is 36.0 Å². The van der Waals surface area contributed by atoms with Crippen LogP contribution in [-0.4, -0.2) is 53.1 Å². The topological polar surface area (TPSA) is 74.2 Å². The summed E-state index contributed by atoms with van der Waals surface area (Å²) >= 11 is 0. The smallest absolute Gasteiger partial charge is 0.270 e. The van der Waals surface area contributed by atoms with Gasteiger partial charge in [-0.15, -0.1) is 0 Å². The van der Waals surface area contributed by atoms with Crippen molar-refractivity contribution in [3.05, 3.63) is 42.5 Å². The molecule has 0 unspecified atom stereocenters. The molecule has 7 nitrogen and oxygen atoms in total. The van der Waals surface area contributed by atoms with E-state index >= 15 is 0 Å². The molecule has 0 spiro atoms. The maximum absolute atomic E-state index is 12.5. The number of carbonyl (C=O) groups excluding carboxylic acids is 1. The summed E-state index contributed by atoms with van der Waals surface area (Å²) in [5, 5.41) is 3.11. The molecule has 2 aliphatic rings. The maximum Gasteiger partial charge on any atom is 0.270 e. The van der Waals surface area contributed by atoms with Crippen LogP contribution in [0.2, 0.25) is 0 Å². The molecule has 1 aliphatic carbocycles. The van der Waals surface area contributed by atoms with E-state index in [1.807, 2.05) is 18.2 Å². The van der Waals surface area contributed by atoms with Gasteiger partial charge in [-0.1, -0.05) is 12.8 Å². The van der Waals surface area contributed by atoms with Gasteiger partial charge in [0, 0.05) is 56.5 Å². The number of carbonyl (C=O) groups is 1. The zero-order valence-electron chi connectivity index (χ0n) is 14.8. The van der Waals surface area contributed by atoms with Gasteiger partial charge in [-0.3, -0.25) is 9.78 Å². The van der Waals surface area contributed by atoms with Crippen LogP contribution < -0.4 is 15.1 Å². The van der Waals surface area contributed by atoms with E-state index in [4.69, 9.17) is 0 Å². The van der Waals surface area contributed by atoms with Crippen LogP contribution in [0.4, 0.5) is 11.6 Å². The van der Waals surface area contributed by atoms with Gasteiger partial charge in [0.15, 0.2) is 0 Å². The van der Waals surface area contributed by atoms with Crippen molar-refractivity contribution >= 4 is 17.5 Å². The Hall–Kier alpha value is -2.70. The van der Waals surface area contributed by atoms with Crippen molar-refractivity contribution in [3.63, 3.8) is 0 Å². The third-order valence-corrected chi connectivity index (χ3v) is 5.15. The van der Waals surface area contributed by atoms with Gasteiger partial charge in [-0.05, 0) is 31.0 Å². The van der Waals surface area contributed by atoms with Crippen LogP contribution in [0.25, 0.3) is 0 Å².